The van der Waals surface area contributed by atoms with Crippen LogP contribution in [0.4, 0.5) is 5.69 Å². The summed E-state index contributed by atoms with van der Waals surface area (Å²) in [5.74, 6) is 2.05. The minimum Gasteiger partial charge on any atom is -0.489 e. The van der Waals surface area contributed by atoms with Crippen LogP contribution in [-0.4, -0.2) is 18.1 Å². The van der Waals surface area contributed by atoms with E-state index in [1.54, 1.807) is 6.07 Å². The van der Waals surface area contributed by atoms with Gasteiger partial charge in [-0.2, -0.15) is 0 Å². The summed E-state index contributed by atoms with van der Waals surface area (Å²) in [6.07, 6.45) is 2.36. The normalized spacial score (nSPS) is 14.5. The van der Waals surface area contributed by atoms with E-state index in [4.69, 9.17) is 9.47 Å². The fourth-order valence-corrected chi connectivity index (χ4v) is 1.59. The molecule has 0 spiro atoms. The fourth-order valence-electron chi connectivity index (χ4n) is 1.59. The Kier molecular flexibility index (Phi) is 4.24. The molecule has 0 radical (unpaired) electrons. The van der Waals surface area contributed by atoms with Crippen molar-refractivity contribution in [3.05, 3.63) is 28.3 Å². The molecule has 0 amide bonds. The zero-order valence-corrected chi connectivity index (χ0v) is 11.3. The molecule has 1 fully saturated rings. The Balaban J connectivity index is 2.11. The Morgan fingerprint density at radius 1 is 1.32 bits per heavy atom. The molecular weight excluding hydrogens is 246 g/mol. The van der Waals surface area contributed by atoms with Crippen LogP contribution in [0.5, 0.6) is 11.5 Å². The first-order valence-electron chi connectivity index (χ1n) is 6.60. The van der Waals surface area contributed by atoms with Gasteiger partial charge in [0.2, 0.25) is 0 Å². The molecule has 0 bridgehead atoms. The largest absolute Gasteiger partial charge is 0.489 e. The molecule has 0 atom stereocenters. The average molecular weight is 265 g/mol. The summed E-state index contributed by atoms with van der Waals surface area (Å²) < 4.78 is 11.3. The molecule has 0 aromatic heterocycles. The van der Waals surface area contributed by atoms with Crippen molar-refractivity contribution in [2.45, 2.75) is 26.7 Å². The molecule has 2 rings (SSSR count). The first-order chi connectivity index (χ1) is 9.06. The SMILES string of the molecule is CC(C)COc1ccc([N+](=O)[O-])cc1OCC1CC1. The topological polar surface area (TPSA) is 61.6 Å². The van der Waals surface area contributed by atoms with E-state index in [2.05, 4.69) is 13.8 Å². The Morgan fingerprint density at radius 3 is 2.63 bits per heavy atom. The maximum atomic E-state index is 10.8. The van der Waals surface area contributed by atoms with Gasteiger partial charge in [-0.05, 0) is 30.7 Å². The number of hydrogen-bond donors (Lipinski definition) is 0. The summed E-state index contributed by atoms with van der Waals surface area (Å²) in [5, 5.41) is 10.8. The molecular formula is C14H19NO4. The van der Waals surface area contributed by atoms with Gasteiger partial charge in [0.25, 0.3) is 5.69 Å². The molecule has 1 aliphatic carbocycles. The summed E-state index contributed by atoms with van der Waals surface area (Å²) in [7, 11) is 0. The molecule has 0 aliphatic heterocycles. The third kappa shape index (κ3) is 4.12. The number of nitrogens with zero attached hydrogens (tertiary/aromatic N) is 1. The average Bonchev–Trinajstić information content (AvgIpc) is 3.18. The van der Waals surface area contributed by atoms with Crippen molar-refractivity contribution in [3.63, 3.8) is 0 Å². The maximum absolute atomic E-state index is 10.8. The second-order valence-corrected chi connectivity index (χ2v) is 5.35. The van der Waals surface area contributed by atoms with Gasteiger partial charge in [-0.15, -0.1) is 0 Å². The van der Waals surface area contributed by atoms with E-state index in [-0.39, 0.29) is 5.69 Å². The molecule has 5 nitrogen and oxygen atoms in total. The van der Waals surface area contributed by atoms with E-state index >= 15 is 0 Å². The summed E-state index contributed by atoms with van der Waals surface area (Å²) in [6, 6.07) is 4.50. The second kappa shape index (κ2) is 5.91. The predicted molar refractivity (Wildman–Crippen MR) is 71.6 cm³/mol. The van der Waals surface area contributed by atoms with Gasteiger partial charge in [0.1, 0.15) is 0 Å². The van der Waals surface area contributed by atoms with E-state index in [1.807, 2.05) is 0 Å². The molecule has 0 N–H and O–H groups in total. The van der Waals surface area contributed by atoms with Crippen molar-refractivity contribution in [3.8, 4) is 11.5 Å². The van der Waals surface area contributed by atoms with Crippen molar-refractivity contribution in [1.29, 1.82) is 0 Å². The van der Waals surface area contributed by atoms with Crippen LogP contribution in [-0.2, 0) is 0 Å². The highest BCUT2D eigenvalue weighted by Crippen LogP contribution is 2.35. The van der Waals surface area contributed by atoms with E-state index in [9.17, 15) is 10.1 Å². The van der Waals surface area contributed by atoms with Gasteiger partial charge < -0.3 is 9.47 Å². The molecule has 1 aromatic rings. The third-order valence-corrected chi connectivity index (χ3v) is 2.88. The molecule has 1 aliphatic rings. The molecule has 5 heteroatoms. The second-order valence-electron chi connectivity index (χ2n) is 5.35. The number of benzene rings is 1. The van der Waals surface area contributed by atoms with Crippen LogP contribution >= 0.6 is 0 Å². The Morgan fingerprint density at radius 2 is 2.05 bits per heavy atom. The lowest BCUT2D eigenvalue weighted by molar-refractivity contribution is -0.385. The van der Waals surface area contributed by atoms with Crippen LogP contribution in [0.2, 0.25) is 0 Å². The van der Waals surface area contributed by atoms with Crippen LogP contribution in [0, 0.1) is 22.0 Å². The summed E-state index contributed by atoms with van der Waals surface area (Å²) in [4.78, 5) is 10.4. The van der Waals surface area contributed by atoms with Crippen LogP contribution in [0.3, 0.4) is 0 Å². The van der Waals surface area contributed by atoms with Gasteiger partial charge in [0, 0.05) is 6.07 Å². The van der Waals surface area contributed by atoms with Crippen molar-refractivity contribution in [2.24, 2.45) is 11.8 Å². The van der Waals surface area contributed by atoms with Crippen molar-refractivity contribution in [1.82, 2.24) is 0 Å². The van der Waals surface area contributed by atoms with E-state index in [1.165, 1.54) is 25.0 Å². The molecule has 0 unspecified atom stereocenters. The summed E-state index contributed by atoms with van der Waals surface area (Å²) >= 11 is 0. The van der Waals surface area contributed by atoms with E-state index in [0.717, 1.165) is 0 Å². The number of ether oxygens (including phenoxy) is 2. The third-order valence-electron chi connectivity index (χ3n) is 2.88. The summed E-state index contributed by atoms with van der Waals surface area (Å²) in [6.45, 7) is 5.28. The van der Waals surface area contributed by atoms with Crippen LogP contribution in [0.1, 0.15) is 26.7 Å². The molecule has 104 valence electrons. The van der Waals surface area contributed by atoms with E-state index < -0.39 is 4.92 Å². The highest BCUT2D eigenvalue weighted by Gasteiger charge is 2.23. The first kappa shape index (κ1) is 13.6. The molecule has 1 saturated carbocycles. The van der Waals surface area contributed by atoms with Crippen LogP contribution in [0.25, 0.3) is 0 Å². The highest BCUT2D eigenvalue weighted by molar-refractivity contribution is 5.48. The zero-order chi connectivity index (χ0) is 13.8. The van der Waals surface area contributed by atoms with Crippen molar-refractivity contribution >= 4 is 5.69 Å². The molecule has 0 heterocycles. The lowest BCUT2D eigenvalue weighted by atomic mass is 10.2. The Hall–Kier alpha value is -1.78. The zero-order valence-electron chi connectivity index (χ0n) is 11.3. The first-order valence-corrected chi connectivity index (χ1v) is 6.60. The number of rotatable bonds is 7. The van der Waals surface area contributed by atoms with Crippen LogP contribution < -0.4 is 9.47 Å². The van der Waals surface area contributed by atoms with Crippen molar-refractivity contribution < 1.29 is 14.4 Å². The predicted octanol–water partition coefficient (Wildman–Crippen LogP) is 3.42. The van der Waals surface area contributed by atoms with Gasteiger partial charge in [-0.25, -0.2) is 0 Å². The van der Waals surface area contributed by atoms with Gasteiger partial charge in [-0.3, -0.25) is 10.1 Å². The van der Waals surface area contributed by atoms with E-state index in [0.29, 0.717) is 36.5 Å². The number of nitro groups is 1. The summed E-state index contributed by atoms with van der Waals surface area (Å²) in [5.41, 5.74) is 0.0303. The maximum Gasteiger partial charge on any atom is 0.273 e. The van der Waals surface area contributed by atoms with Gasteiger partial charge in [-0.1, -0.05) is 13.8 Å². The lowest BCUT2D eigenvalue weighted by Gasteiger charge is -2.13. The van der Waals surface area contributed by atoms with Crippen molar-refractivity contribution in [2.75, 3.05) is 13.2 Å². The molecule has 0 saturated heterocycles. The monoisotopic (exact) mass is 265 g/mol. The van der Waals surface area contributed by atoms with Gasteiger partial charge in [0.05, 0.1) is 24.2 Å². The van der Waals surface area contributed by atoms with Gasteiger partial charge in [0.15, 0.2) is 11.5 Å². The highest BCUT2D eigenvalue weighted by atomic mass is 16.6. The smallest absolute Gasteiger partial charge is 0.273 e. The minimum atomic E-state index is -0.420. The standard InChI is InChI=1S/C14H19NO4/c1-10(2)8-18-13-6-5-12(15(16)17)7-14(13)19-9-11-3-4-11/h5-7,10-11H,3-4,8-9H2,1-2H3. The number of non-ortho nitro benzene ring substituents is 1. The number of nitro benzene ring substituents is 1. The Bertz CT molecular complexity index is 455. The minimum absolute atomic E-state index is 0.0303. The Labute approximate surface area is 112 Å². The van der Waals surface area contributed by atoms with Gasteiger partial charge >= 0.3 is 0 Å². The molecule has 1 aromatic carbocycles. The number of hydrogen-bond acceptors (Lipinski definition) is 4. The molecule has 19 heavy (non-hydrogen) atoms. The fraction of sp³-hybridized carbons (Fsp3) is 0.571. The quantitative estimate of drug-likeness (QED) is 0.560. The van der Waals surface area contributed by atoms with Crippen LogP contribution in [0.15, 0.2) is 18.2 Å². The lowest BCUT2D eigenvalue weighted by Crippen LogP contribution is -2.07.